The van der Waals surface area contributed by atoms with E-state index in [4.69, 9.17) is 21.6 Å². The van der Waals surface area contributed by atoms with Gasteiger partial charge in [0.15, 0.2) is 0 Å². The van der Waals surface area contributed by atoms with Crippen molar-refractivity contribution >= 4 is 40.8 Å². The number of pyridine rings is 1. The third-order valence-corrected chi connectivity index (χ3v) is 5.84. The molecule has 1 aliphatic rings. The molecule has 150 valence electrons. The summed E-state index contributed by atoms with van der Waals surface area (Å²) in [5, 5.41) is 12.5. The third-order valence-electron chi connectivity index (χ3n) is 4.54. The fourth-order valence-corrected chi connectivity index (χ4v) is 4.01. The summed E-state index contributed by atoms with van der Waals surface area (Å²) < 4.78 is 7.49. The van der Waals surface area contributed by atoms with Crippen molar-refractivity contribution < 1.29 is 9.53 Å². The standard InChI is InChI=1S/C22H17ClN4O2S/c23-20-6-3-17(12-19(20)21-11-15(13-24)7-8-25-21)26-22(28)16-1-4-18(5-2-16)27-9-10-29-14-30-27/h1-8,11-12H,9-10,14H2,(H,26,28). The first kappa shape index (κ1) is 20.2. The van der Waals surface area contributed by atoms with E-state index in [1.807, 2.05) is 12.1 Å². The summed E-state index contributed by atoms with van der Waals surface area (Å²) in [7, 11) is 0. The van der Waals surface area contributed by atoms with Gasteiger partial charge < -0.3 is 14.4 Å². The molecule has 0 atom stereocenters. The predicted molar refractivity (Wildman–Crippen MR) is 120 cm³/mol. The van der Waals surface area contributed by atoms with E-state index in [1.54, 1.807) is 60.6 Å². The van der Waals surface area contributed by atoms with Crippen molar-refractivity contribution in [2.75, 3.05) is 28.7 Å². The number of amides is 1. The molecule has 1 aromatic heterocycles. The van der Waals surface area contributed by atoms with Crippen molar-refractivity contribution in [3.63, 3.8) is 0 Å². The average molecular weight is 437 g/mol. The van der Waals surface area contributed by atoms with Gasteiger partial charge in [-0.05, 0) is 66.5 Å². The molecule has 1 saturated heterocycles. The molecule has 30 heavy (non-hydrogen) atoms. The van der Waals surface area contributed by atoms with Gasteiger partial charge in [-0.15, -0.1) is 0 Å². The number of carbonyl (C=O) groups excluding carboxylic acids is 1. The van der Waals surface area contributed by atoms with Gasteiger partial charge in [-0.2, -0.15) is 5.26 Å². The van der Waals surface area contributed by atoms with Crippen LogP contribution in [-0.4, -0.2) is 30.0 Å². The maximum absolute atomic E-state index is 12.7. The molecule has 6 nitrogen and oxygen atoms in total. The minimum atomic E-state index is -0.219. The van der Waals surface area contributed by atoms with Crippen molar-refractivity contribution in [2.45, 2.75) is 0 Å². The van der Waals surface area contributed by atoms with Crippen molar-refractivity contribution in [3.8, 4) is 17.3 Å². The molecule has 1 aliphatic heterocycles. The summed E-state index contributed by atoms with van der Waals surface area (Å²) >= 11 is 7.93. The molecule has 0 spiro atoms. The minimum Gasteiger partial charge on any atom is -0.367 e. The van der Waals surface area contributed by atoms with Gasteiger partial charge >= 0.3 is 0 Å². The smallest absolute Gasteiger partial charge is 0.255 e. The largest absolute Gasteiger partial charge is 0.367 e. The normalized spacial score (nSPS) is 13.5. The van der Waals surface area contributed by atoms with E-state index in [-0.39, 0.29) is 5.91 Å². The van der Waals surface area contributed by atoms with Crippen LogP contribution in [0.4, 0.5) is 11.4 Å². The number of nitriles is 1. The lowest BCUT2D eigenvalue weighted by molar-refractivity contribution is 0.102. The highest BCUT2D eigenvalue weighted by atomic mass is 35.5. The molecule has 1 N–H and O–H groups in total. The summed E-state index contributed by atoms with van der Waals surface area (Å²) in [6.07, 6.45) is 1.56. The molecule has 3 aromatic rings. The molecule has 1 amide bonds. The van der Waals surface area contributed by atoms with E-state index >= 15 is 0 Å². The number of carbonyl (C=O) groups is 1. The second-order valence-electron chi connectivity index (χ2n) is 6.49. The van der Waals surface area contributed by atoms with Crippen LogP contribution in [0.1, 0.15) is 15.9 Å². The molecule has 2 heterocycles. The monoisotopic (exact) mass is 436 g/mol. The fraction of sp³-hybridized carbons (Fsp3) is 0.136. The van der Waals surface area contributed by atoms with Crippen LogP contribution in [0.3, 0.4) is 0 Å². The molecule has 0 radical (unpaired) electrons. The van der Waals surface area contributed by atoms with Crippen LogP contribution in [0, 0.1) is 11.3 Å². The van der Waals surface area contributed by atoms with Crippen LogP contribution >= 0.6 is 23.5 Å². The van der Waals surface area contributed by atoms with E-state index in [0.717, 1.165) is 12.2 Å². The summed E-state index contributed by atoms with van der Waals surface area (Å²) in [4.78, 5) is 17.0. The Hall–Kier alpha value is -3.05. The Kier molecular flexibility index (Phi) is 6.19. The molecule has 0 bridgehead atoms. The molecule has 8 heteroatoms. The van der Waals surface area contributed by atoms with Gasteiger partial charge in [0.2, 0.25) is 0 Å². The second-order valence-corrected chi connectivity index (χ2v) is 7.84. The van der Waals surface area contributed by atoms with Crippen molar-refractivity contribution in [3.05, 3.63) is 76.9 Å². The number of aromatic nitrogens is 1. The lowest BCUT2D eigenvalue weighted by Gasteiger charge is -2.27. The number of hydrogen-bond acceptors (Lipinski definition) is 6. The van der Waals surface area contributed by atoms with Crippen LogP contribution in [0.2, 0.25) is 5.02 Å². The highest BCUT2D eigenvalue weighted by Gasteiger charge is 2.14. The Morgan fingerprint density at radius 3 is 2.77 bits per heavy atom. The van der Waals surface area contributed by atoms with E-state index < -0.39 is 0 Å². The first-order chi connectivity index (χ1) is 14.6. The van der Waals surface area contributed by atoms with Crippen molar-refractivity contribution in [2.24, 2.45) is 0 Å². The summed E-state index contributed by atoms with van der Waals surface area (Å²) in [5.74, 6) is 0.413. The van der Waals surface area contributed by atoms with Crippen LogP contribution in [-0.2, 0) is 4.74 Å². The Balaban J connectivity index is 1.51. The maximum atomic E-state index is 12.7. The van der Waals surface area contributed by atoms with E-state index in [1.165, 1.54) is 0 Å². The number of nitrogens with zero attached hydrogens (tertiary/aromatic N) is 3. The van der Waals surface area contributed by atoms with Crippen LogP contribution in [0.25, 0.3) is 11.3 Å². The highest BCUT2D eigenvalue weighted by Crippen LogP contribution is 2.30. The van der Waals surface area contributed by atoms with Crippen molar-refractivity contribution in [1.82, 2.24) is 4.98 Å². The first-order valence-corrected chi connectivity index (χ1v) is 10.5. The third kappa shape index (κ3) is 4.57. The zero-order chi connectivity index (χ0) is 20.9. The summed E-state index contributed by atoms with van der Waals surface area (Å²) in [6.45, 7) is 1.51. The topological polar surface area (TPSA) is 78.2 Å². The van der Waals surface area contributed by atoms with Crippen LogP contribution in [0.5, 0.6) is 0 Å². The van der Waals surface area contributed by atoms with Gasteiger partial charge in [-0.1, -0.05) is 11.6 Å². The number of hydrogen-bond donors (Lipinski definition) is 1. The number of benzene rings is 2. The number of anilines is 2. The van der Waals surface area contributed by atoms with Gasteiger partial charge in [0.05, 0.1) is 35.5 Å². The summed E-state index contributed by atoms with van der Waals surface area (Å²) in [6, 6.07) is 18.0. The zero-order valence-electron chi connectivity index (χ0n) is 15.8. The first-order valence-electron chi connectivity index (χ1n) is 9.20. The number of ether oxygens (including phenoxy) is 1. The second kappa shape index (κ2) is 9.18. The average Bonchev–Trinajstić information content (AvgIpc) is 2.81. The SMILES string of the molecule is N#Cc1ccnc(-c2cc(NC(=O)c3ccc(N4CCOCS4)cc3)ccc2Cl)c1. The van der Waals surface area contributed by atoms with E-state index in [0.29, 0.717) is 45.6 Å². The number of rotatable bonds is 4. The number of nitrogens with one attached hydrogen (secondary N) is 1. The predicted octanol–water partition coefficient (Wildman–Crippen LogP) is 4.97. The number of halogens is 1. The Morgan fingerprint density at radius 2 is 2.03 bits per heavy atom. The lowest BCUT2D eigenvalue weighted by Crippen LogP contribution is -2.26. The summed E-state index contributed by atoms with van der Waals surface area (Å²) in [5.41, 5.74) is 3.89. The molecule has 0 aliphatic carbocycles. The fourth-order valence-electron chi connectivity index (χ4n) is 3.00. The lowest BCUT2D eigenvalue weighted by atomic mass is 10.1. The highest BCUT2D eigenvalue weighted by molar-refractivity contribution is 8.00. The molecule has 4 rings (SSSR count). The van der Waals surface area contributed by atoms with Gasteiger partial charge in [0, 0.05) is 28.7 Å². The van der Waals surface area contributed by atoms with Gasteiger partial charge in [-0.25, -0.2) is 0 Å². The quantitative estimate of drug-likeness (QED) is 0.582. The molecule has 2 aromatic carbocycles. The zero-order valence-corrected chi connectivity index (χ0v) is 17.4. The van der Waals surface area contributed by atoms with Gasteiger partial charge in [0.25, 0.3) is 5.91 Å². The molecular weight excluding hydrogens is 420 g/mol. The van der Waals surface area contributed by atoms with Gasteiger partial charge in [-0.3, -0.25) is 9.78 Å². The molecule has 0 saturated carbocycles. The van der Waals surface area contributed by atoms with Crippen LogP contribution in [0.15, 0.2) is 60.8 Å². The Bertz CT molecular complexity index is 1110. The van der Waals surface area contributed by atoms with E-state index in [2.05, 4.69) is 20.7 Å². The Labute approximate surface area is 183 Å². The van der Waals surface area contributed by atoms with Crippen molar-refractivity contribution in [1.29, 1.82) is 5.26 Å². The Morgan fingerprint density at radius 1 is 1.20 bits per heavy atom. The van der Waals surface area contributed by atoms with Gasteiger partial charge in [0.1, 0.15) is 5.94 Å². The van der Waals surface area contributed by atoms with E-state index in [9.17, 15) is 4.79 Å². The molecule has 0 unspecified atom stereocenters. The minimum absolute atomic E-state index is 0.219. The van der Waals surface area contributed by atoms with Crippen LogP contribution < -0.4 is 9.62 Å². The molecular formula is C22H17ClN4O2S. The maximum Gasteiger partial charge on any atom is 0.255 e. The molecule has 1 fully saturated rings.